The summed E-state index contributed by atoms with van der Waals surface area (Å²) in [5.74, 6) is 0.485. The molecule has 1 unspecified atom stereocenters. The molecule has 2 aromatic carbocycles. The summed E-state index contributed by atoms with van der Waals surface area (Å²) in [4.78, 5) is 40.5. The predicted octanol–water partition coefficient (Wildman–Crippen LogP) is 4.70. The Morgan fingerprint density at radius 2 is 1.94 bits per heavy atom. The molecule has 2 N–H and O–H groups in total. The highest BCUT2D eigenvalue weighted by Gasteiger charge is 2.24. The number of aryl methyl sites for hydroxylation is 1. The second kappa shape index (κ2) is 9.14. The van der Waals surface area contributed by atoms with Gasteiger partial charge in [-0.3, -0.25) is 14.4 Å². The molecule has 1 fully saturated rings. The molecule has 6 nitrogen and oxygen atoms in total. The van der Waals surface area contributed by atoms with Crippen LogP contribution in [0, 0.1) is 6.92 Å². The second-order valence-corrected chi connectivity index (χ2v) is 9.32. The molecule has 2 aliphatic rings. The zero-order chi connectivity index (χ0) is 22.0. The maximum Gasteiger partial charge on any atom is 0.255 e. The van der Waals surface area contributed by atoms with Gasteiger partial charge in [0.25, 0.3) is 11.8 Å². The highest BCUT2D eigenvalue weighted by molar-refractivity contribution is 7.99. The van der Waals surface area contributed by atoms with Crippen molar-refractivity contribution in [2.75, 3.05) is 22.9 Å². The summed E-state index contributed by atoms with van der Waals surface area (Å²) in [6, 6.07) is 11.0. The summed E-state index contributed by atoms with van der Waals surface area (Å²) < 4.78 is 0. The van der Waals surface area contributed by atoms with Crippen molar-refractivity contribution in [1.29, 1.82) is 0 Å². The molecule has 0 aromatic heterocycles. The monoisotopic (exact) mass is 437 g/mol. The normalized spacial score (nSPS) is 18.6. The Bertz CT molecular complexity index is 1040. The minimum atomic E-state index is -0.252. The van der Waals surface area contributed by atoms with Gasteiger partial charge >= 0.3 is 0 Å². The van der Waals surface area contributed by atoms with Crippen LogP contribution in [0.1, 0.15) is 58.9 Å². The summed E-state index contributed by atoms with van der Waals surface area (Å²) >= 11 is 1.61. The van der Waals surface area contributed by atoms with Crippen molar-refractivity contribution < 1.29 is 14.4 Å². The van der Waals surface area contributed by atoms with Gasteiger partial charge in [-0.15, -0.1) is 11.8 Å². The van der Waals surface area contributed by atoms with Gasteiger partial charge in [0.15, 0.2) is 0 Å². The van der Waals surface area contributed by atoms with E-state index in [4.69, 9.17) is 0 Å². The predicted molar refractivity (Wildman–Crippen MR) is 124 cm³/mol. The van der Waals surface area contributed by atoms with Gasteiger partial charge in [-0.1, -0.05) is 0 Å². The molecule has 0 radical (unpaired) electrons. The van der Waals surface area contributed by atoms with E-state index in [0.717, 1.165) is 35.6 Å². The van der Waals surface area contributed by atoms with E-state index in [2.05, 4.69) is 17.6 Å². The lowest BCUT2D eigenvalue weighted by Gasteiger charge is -2.33. The third-order valence-corrected chi connectivity index (χ3v) is 6.96. The lowest BCUT2D eigenvalue weighted by Crippen LogP contribution is -2.42. The van der Waals surface area contributed by atoms with Crippen LogP contribution in [0.15, 0.2) is 41.3 Å². The van der Waals surface area contributed by atoms with Crippen molar-refractivity contribution in [3.05, 3.63) is 53.1 Å². The first-order valence-electron chi connectivity index (χ1n) is 10.7. The Labute approximate surface area is 186 Å². The second-order valence-electron chi connectivity index (χ2n) is 8.18. The van der Waals surface area contributed by atoms with E-state index in [0.29, 0.717) is 28.9 Å². The number of rotatable bonds is 3. The number of amides is 3. The highest BCUT2D eigenvalue weighted by atomic mass is 32.2. The fourth-order valence-corrected chi connectivity index (χ4v) is 5.00. The number of carbonyl (C=O) groups excluding carboxylic acids is 3. The van der Waals surface area contributed by atoms with E-state index in [1.165, 1.54) is 6.42 Å². The first kappa shape index (κ1) is 21.4. The van der Waals surface area contributed by atoms with Crippen molar-refractivity contribution in [1.82, 2.24) is 4.90 Å². The van der Waals surface area contributed by atoms with Gasteiger partial charge in [-0.05, 0) is 75.1 Å². The molecule has 31 heavy (non-hydrogen) atoms. The standard InChI is InChI=1S/C24H27N3O3S/c1-15-13-18(24(30)27-11-4-3-5-16(27)2)6-8-19(15)26-23(29)17-7-9-21-20(14-17)25-22(28)10-12-31-21/h6-9,13-14,16H,3-5,10-12H2,1-2H3,(H,25,28)(H,26,29). The van der Waals surface area contributed by atoms with Gasteiger partial charge in [0.05, 0.1) is 5.69 Å². The molecule has 7 heteroatoms. The van der Waals surface area contributed by atoms with Crippen LogP contribution in [-0.4, -0.2) is 41.0 Å². The minimum absolute atomic E-state index is 0.0390. The third kappa shape index (κ3) is 4.77. The fourth-order valence-electron chi connectivity index (χ4n) is 4.06. The van der Waals surface area contributed by atoms with Crippen molar-refractivity contribution in [3.63, 3.8) is 0 Å². The summed E-state index contributed by atoms with van der Waals surface area (Å²) in [6.45, 7) is 4.78. The van der Waals surface area contributed by atoms with E-state index in [1.807, 2.05) is 24.0 Å². The fraction of sp³-hybridized carbons (Fsp3) is 0.375. The number of hydrogen-bond donors (Lipinski definition) is 2. The number of carbonyl (C=O) groups is 3. The molecule has 2 aliphatic heterocycles. The minimum Gasteiger partial charge on any atom is -0.336 e. The smallest absolute Gasteiger partial charge is 0.255 e. The number of fused-ring (bicyclic) bond motifs is 1. The molecule has 162 valence electrons. The van der Waals surface area contributed by atoms with E-state index in [9.17, 15) is 14.4 Å². The molecule has 4 rings (SSSR count). The summed E-state index contributed by atoms with van der Waals surface area (Å²) in [7, 11) is 0. The number of nitrogens with zero attached hydrogens (tertiary/aromatic N) is 1. The van der Waals surface area contributed by atoms with Gasteiger partial charge in [0.1, 0.15) is 0 Å². The summed E-state index contributed by atoms with van der Waals surface area (Å²) in [6.07, 6.45) is 3.71. The lowest BCUT2D eigenvalue weighted by atomic mass is 10.0. The first-order valence-corrected chi connectivity index (χ1v) is 11.7. The first-order chi connectivity index (χ1) is 14.9. The Kier molecular flexibility index (Phi) is 6.32. The molecule has 0 saturated carbocycles. The molecule has 2 heterocycles. The van der Waals surface area contributed by atoms with Crippen LogP contribution in [0.3, 0.4) is 0 Å². The zero-order valence-corrected chi connectivity index (χ0v) is 18.7. The average Bonchev–Trinajstić information content (AvgIpc) is 2.94. The number of likely N-dealkylation sites (tertiary alicyclic amines) is 1. The van der Waals surface area contributed by atoms with Crippen LogP contribution in [0.5, 0.6) is 0 Å². The summed E-state index contributed by atoms with van der Waals surface area (Å²) in [5, 5.41) is 5.80. The van der Waals surface area contributed by atoms with Gasteiger partial charge < -0.3 is 15.5 Å². The largest absolute Gasteiger partial charge is 0.336 e. The van der Waals surface area contributed by atoms with Crippen LogP contribution in [-0.2, 0) is 4.79 Å². The average molecular weight is 438 g/mol. The maximum absolute atomic E-state index is 12.9. The van der Waals surface area contributed by atoms with Gasteiger partial charge in [-0.25, -0.2) is 0 Å². The van der Waals surface area contributed by atoms with Crippen LogP contribution < -0.4 is 10.6 Å². The number of benzene rings is 2. The van der Waals surface area contributed by atoms with Gasteiger partial charge in [-0.2, -0.15) is 0 Å². The van der Waals surface area contributed by atoms with Crippen molar-refractivity contribution in [2.24, 2.45) is 0 Å². The topological polar surface area (TPSA) is 78.5 Å². The lowest BCUT2D eigenvalue weighted by molar-refractivity contribution is -0.115. The molecular formula is C24H27N3O3S. The van der Waals surface area contributed by atoms with Crippen LogP contribution in [0.2, 0.25) is 0 Å². The Morgan fingerprint density at radius 3 is 2.71 bits per heavy atom. The molecule has 0 aliphatic carbocycles. The molecular weight excluding hydrogens is 410 g/mol. The van der Waals surface area contributed by atoms with E-state index in [-0.39, 0.29) is 23.8 Å². The van der Waals surface area contributed by atoms with E-state index < -0.39 is 0 Å². The SMILES string of the molecule is Cc1cc(C(=O)N2CCCCC2C)ccc1NC(=O)c1ccc2c(c1)NC(=O)CCS2. The molecule has 2 aromatic rings. The van der Waals surface area contributed by atoms with E-state index >= 15 is 0 Å². The van der Waals surface area contributed by atoms with E-state index in [1.54, 1.807) is 36.0 Å². The number of hydrogen-bond acceptors (Lipinski definition) is 4. The van der Waals surface area contributed by atoms with Crippen LogP contribution >= 0.6 is 11.8 Å². The Hall–Kier alpha value is -2.80. The van der Waals surface area contributed by atoms with Gasteiger partial charge in [0, 0.05) is 46.5 Å². The zero-order valence-electron chi connectivity index (χ0n) is 17.9. The Morgan fingerprint density at radius 1 is 1.13 bits per heavy atom. The van der Waals surface area contributed by atoms with Crippen LogP contribution in [0.4, 0.5) is 11.4 Å². The van der Waals surface area contributed by atoms with Crippen molar-refractivity contribution >= 4 is 40.9 Å². The third-order valence-electron chi connectivity index (χ3n) is 5.89. The van der Waals surface area contributed by atoms with Gasteiger partial charge in [0.2, 0.25) is 5.91 Å². The maximum atomic E-state index is 12.9. The van der Waals surface area contributed by atoms with Crippen molar-refractivity contribution in [3.8, 4) is 0 Å². The highest BCUT2D eigenvalue weighted by Crippen LogP contribution is 2.32. The molecule has 1 atom stereocenters. The molecule has 0 bridgehead atoms. The molecule has 3 amide bonds. The number of piperidine rings is 1. The number of thioether (sulfide) groups is 1. The summed E-state index contributed by atoms with van der Waals surface area (Å²) in [5.41, 5.74) is 3.30. The number of anilines is 2. The Balaban J connectivity index is 1.49. The van der Waals surface area contributed by atoms with Crippen molar-refractivity contribution in [2.45, 2.75) is 50.5 Å². The molecule has 1 saturated heterocycles. The van der Waals surface area contributed by atoms with Crippen LogP contribution in [0.25, 0.3) is 0 Å². The molecule has 0 spiro atoms. The quantitative estimate of drug-likeness (QED) is 0.730. The number of nitrogens with one attached hydrogen (secondary N) is 2.